The van der Waals surface area contributed by atoms with Gasteiger partial charge in [0.25, 0.3) is 0 Å². The molecule has 0 aliphatic carbocycles. The minimum absolute atomic E-state index is 0.0158. The number of ether oxygens (including phenoxy) is 1. The quantitative estimate of drug-likeness (QED) is 0.636. The van der Waals surface area contributed by atoms with Gasteiger partial charge in [-0.25, -0.2) is 4.79 Å². The third kappa shape index (κ3) is 5.01. The molecule has 1 unspecified atom stereocenters. The zero-order chi connectivity index (χ0) is 25.4. The summed E-state index contributed by atoms with van der Waals surface area (Å²) in [4.78, 5) is 32.8. The summed E-state index contributed by atoms with van der Waals surface area (Å²) in [6.45, 7) is 12.8. The number of likely N-dealkylation sites (tertiary alicyclic amines) is 1. The Hall–Kier alpha value is -2.87. The molecule has 36 heavy (non-hydrogen) atoms. The van der Waals surface area contributed by atoms with Crippen LogP contribution in [0.4, 0.5) is 4.79 Å². The first-order chi connectivity index (χ1) is 17.2. The van der Waals surface area contributed by atoms with Gasteiger partial charge in [0.05, 0.1) is 30.4 Å². The number of amidine groups is 1. The van der Waals surface area contributed by atoms with E-state index in [1.165, 1.54) is 5.82 Å². The standard InChI is InChI=1S/C28H40N6O2/c1-20-9-8-14-29-26(20)23-11-6-10-22(34(23)27(35)36-28(2,3)4)21-19-33-24(30-21)12-7-13-25(33)32-17-15-31(5)16-18-32/h7-9,12-14,21-23H,6,10-11,15-19H2,1-5H3/t21?,22-,23+/m0/s1. The molecular formula is C28H40N6O2. The molecule has 4 aliphatic rings. The van der Waals surface area contributed by atoms with Crippen molar-refractivity contribution in [3.63, 3.8) is 0 Å². The largest absolute Gasteiger partial charge is 0.444 e. The van der Waals surface area contributed by atoms with Crippen LogP contribution >= 0.6 is 0 Å². The third-order valence-electron chi connectivity index (χ3n) is 7.62. The van der Waals surface area contributed by atoms with E-state index in [1.54, 1.807) is 0 Å². The van der Waals surface area contributed by atoms with Crippen molar-refractivity contribution in [3.8, 4) is 0 Å². The van der Waals surface area contributed by atoms with E-state index in [0.29, 0.717) is 0 Å². The number of aromatic nitrogens is 1. The number of hydrogen-bond acceptors (Lipinski definition) is 7. The second kappa shape index (κ2) is 9.88. The van der Waals surface area contributed by atoms with Crippen molar-refractivity contribution < 1.29 is 9.53 Å². The summed E-state index contributed by atoms with van der Waals surface area (Å²) in [5.41, 5.74) is 1.51. The lowest BCUT2D eigenvalue weighted by atomic mass is 9.88. The van der Waals surface area contributed by atoms with Crippen LogP contribution < -0.4 is 0 Å². The molecule has 0 aromatic carbocycles. The molecule has 0 spiro atoms. The molecule has 5 heterocycles. The number of allylic oxidation sites excluding steroid dienone is 2. The molecule has 4 aliphatic heterocycles. The number of piperidine rings is 1. The zero-order valence-corrected chi connectivity index (χ0v) is 22.4. The Bertz CT molecular complexity index is 1070. The SMILES string of the molecule is Cc1cccnc1[C@H]1CCC[C@@H](C2CN3C(N4CCN(C)CC4)=CC=CC3=N2)N1C(=O)OC(C)(C)C. The zero-order valence-electron chi connectivity index (χ0n) is 22.4. The van der Waals surface area contributed by atoms with Crippen LogP contribution in [0.5, 0.6) is 0 Å². The number of likely N-dealkylation sites (N-methyl/N-ethyl adjacent to an activating group) is 1. The summed E-state index contributed by atoms with van der Waals surface area (Å²) in [5, 5.41) is 0. The highest BCUT2D eigenvalue weighted by atomic mass is 16.6. The van der Waals surface area contributed by atoms with Crippen LogP contribution in [0.15, 0.2) is 47.4 Å². The Morgan fingerprint density at radius 2 is 1.92 bits per heavy atom. The van der Waals surface area contributed by atoms with Gasteiger partial charge in [-0.3, -0.25) is 14.9 Å². The van der Waals surface area contributed by atoms with Gasteiger partial charge in [0.15, 0.2) is 0 Å². The average Bonchev–Trinajstić information content (AvgIpc) is 3.28. The average molecular weight is 493 g/mol. The molecular weight excluding hydrogens is 452 g/mol. The Labute approximate surface area is 215 Å². The van der Waals surface area contributed by atoms with Crippen LogP contribution in [-0.2, 0) is 4.74 Å². The fourth-order valence-corrected chi connectivity index (χ4v) is 5.83. The second-order valence-corrected chi connectivity index (χ2v) is 11.4. The first-order valence-electron chi connectivity index (χ1n) is 13.3. The van der Waals surface area contributed by atoms with E-state index in [0.717, 1.165) is 69.1 Å². The van der Waals surface area contributed by atoms with Crippen molar-refractivity contribution in [3.05, 3.63) is 53.6 Å². The van der Waals surface area contributed by atoms with Crippen molar-refractivity contribution in [1.82, 2.24) is 24.6 Å². The molecule has 2 fully saturated rings. The number of aliphatic imine (C=N–C) groups is 1. The van der Waals surface area contributed by atoms with E-state index in [2.05, 4.69) is 53.0 Å². The van der Waals surface area contributed by atoms with Gasteiger partial charge >= 0.3 is 6.09 Å². The number of carbonyl (C=O) groups excluding carboxylic acids is 1. The first kappa shape index (κ1) is 24.8. The van der Waals surface area contributed by atoms with Crippen LogP contribution in [0.1, 0.15) is 57.3 Å². The minimum Gasteiger partial charge on any atom is -0.444 e. The lowest BCUT2D eigenvalue weighted by Gasteiger charge is -2.44. The predicted octanol–water partition coefficient (Wildman–Crippen LogP) is 3.96. The highest BCUT2D eigenvalue weighted by Crippen LogP contribution is 2.39. The first-order valence-corrected chi connectivity index (χ1v) is 13.3. The third-order valence-corrected chi connectivity index (χ3v) is 7.62. The van der Waals surface area contributed by atoms with Crippen molar-refractivity contribution in [2.24, 2.45) is 4.99 Å². The normalized spacial score (nSPS) is 27.0. The van der Waals surface area contributed by atoms with Crippen molar-refractivity contribution in [2.75, 3.05) is 39.8 Å². The van der Waals surface area contributed by atoms with E-state index in [1.807, 2.05) is 37.9 Å². The molecule has 2 saturated heterocycles. The summed E-state index contributed by atoms with van der Waals surface area (Å²) in [6, 6.07) is 3.86. The summed E-state index contributed by atoms with van der Waals surface area (Å²) < 4.78 is 5.96. The molecule has 0 bridgehead atoms. The van der Waals surface area contributed by atoms with Crippen LogP contribution in [-0.4, -0.2) is 94.0 Å². The van der Waals surface area contributed by atoms with E-state index >= 15 is 0 Å². The number of fused-ring (bicyclic) bond motifs is 1. The van der Waals surface area contributed by atoms with E-state index in [-0.39, 0.29) is 24.2 Å². The molecule has 1 amide bonds. The number of carbonyl (C=O) groups is 1. The van der Waals surface area contributed by atoms with Crippen LogP contribution in [0.3, 0.4) is 0 Å². The maximum atomic E-state index is 13.7. The number of pyridine rings is 1. The molecule has 0 radical (unpaired) electrons. The number of nitrogens with zero attached hydrogens (tertiary/aromatic N) is 6. The monoisotopic (exact) mass is 492 g/mol. The predicted molar refractivity (Wildman–Crippen MR) is 142 cm³/mol. The molecule has 0 saturated carbocycles. The topological polar surface area (TPSA) is 64.5 Å². The second-order valence-electron chi connectivity index (χ2n) is 11.4. The van der Waals surface area contributed by atoms with Crippen LogP contribution in [0.2, 0.25) is 0 Å². The minimum atomic E-state index is -0.568. The highest BCUT2D eigenvalue weighted by Gasteiger charge is 2.45. The van der Waals surface area contributed by atoms with E-state index in [9.17, 15) is 4.79 Å². The van der Waals surface area contributed by atoms with E-state index < -0.39 is 5.60 Å². The lowest BCUT2D eigenvalue weighted by Crippen LogP contribution is -2.54. The fraction of sp³-hybridized carbons (Fsp3) is 0.607. The Balaban J connectivity index is 1.42. The molecule has 1 aromatic rings. The Morgan fingerprint density at radius 1 is 1.14 bits per heavy atom. The summed E-state index contributed by atoms with van der Waals surface area (Å²) in [7, 11) is 2.18. The van der Waals surface area contributed by atoms with Gasteiger partial charge in [-0.05, 0) is 77.8 Å². The summed E-state index contributed by atoms with van der Waals surface area (Å²) in [5.74, 6) is 2.22. The van der Waals surface area contributed by atoms with Crippen molar-refractivity contribution in [1.29, 1.82) is 0 Å². The molecule has 1 aromatic heterocycles. The van der Waals surface area contributed by atoms with Gasteiger partial charge in [-0.2, -0.15) is 0 Å². The molecule has 0 N–H and O–H groups in total. The number of piperazine rings is 1. The molecule has 3 atom stereocenters. The molecule has 5 rings (SSSR count). The number of hydrogen-bond donors (Lipinski definition) is 0. The van der Waals surface area contributed by atoms with Crippen molar-refractivity contribution in [2.45, 2.75) is 70.7 Å². The van der Waals surface area contributed by atoms with Crippen LogP contribution in [0.25, 0.3) is 0 Å². The van der Waals surface area contributed by atoms with Gasteiger partial charge in [-0.15, -0.1) is 0 Å². The van der Waals surface area contributed by atoms with Crippen molar-refractivity contribution >= 4 is 11.9 Å². The van der Waals surface area contributed by atoms with Gasteiger partial charge in [0, 0.05) is 32.4 Å². The van der Waals surface area contributed by atoms with Gasteiger partial charge in [-0.1, -0.05) is 12.1 Å². The summed E-state index contributed by atoms with van der Waals surface area (Å²) >= 11 is 0. The maximum Gasteiger partial charge on any atom is 0.411 e. The smallest absolute Gasteiger partial charge is 0.411 e. The van der Waals surface area contributed by atoms with Gasteiger partial charge in [0.1, 0.15) is 17.3 Å². The van der Waals surface area contributed by atoms with Gasteiger partial charge < -0.3 is 19.4 Å². The van der Waals surface area contributed by atoms with E-state index in [4.69, 9.17) is 14.7 Å². The Morgan fingerprint density at radius 3 is 2.64 bits per heavy atom. The number of amides is 1. The fourth-order valence-electron chi connectivity index (χ4n) is 5.83. The molecule has 8 heteroatoms. The van der Waals surface area contributed by atoms with Crippen LogP contribution in [0, 0.1) is 6.92 Å². The highest BCUT2D eigenvalue weighted by molar-refractivity contribution is 5.97. The molecule has 194 valence electrons. The summed E-state index contributed by atoms with van der Waals surface area (Å²) in [6.07, 6.45) is 10.8. The molecule has 8 nitrogen and oxygen atoms in total. The maximum absolute atomic E-state index is 13.7. The number of rotatable bonds is 3. The lowest BCUT2D eigenvalue weighted by molar-refractivity contribution is -0.0109. The van der Waals surface area contributed by atoms with Gasteiger partial charge in [0.2, 0.25) is 0 Å². The number of aryl methyl sites for hydroxylation is 1. The Kier molecular flexibility index (Phi) is 6.81.